The zero-order chi connectivity index (χ0) is 13.0. The van der Waals surface area contributed by atoms with E-state index in [9.17, 15) is 4.79 Å². The highest BCUT2D eigenvalue weighted by Crippen LogP contribution is 2.10. The predicted octanol–water partition coefficient (Wildman–Crippen LogP) is 0.718. The molecule has 0 bridgehead atoms. The maximum atomic E-state index is 11.0. The fourth-order valence-corrected chi connectivity index (χ4v) is 1.90. The van der Waals surface area contributed by atoms with Crippen molar-refractivity contribution >= 4 is 27.5 Å². The van der Waals surface area contributed by atoms with Gasteiger partial charge in [0.1, 0.15) is 4.60 Å². The Labute approximate surface area is 113 Å². The molecular formula is C11H14BrN5O. The van der Waals surface area contributed by atoms with Crippen molar-refractivity contribution < 1.29 is 4.79 Å². The summed E-state index contributed by atoms with van der Waals surface area (Å²) in [5.74, 6) is 0.0348. The predicted molar refractivity (Wildman–Crippen MR) is 71.1 cm³/mol. The third-order valence-corrected chi connectivity index (χ3v) is 2.96. The van der Waals surface area contributed by atoms with Gasteiger partial charge < -0.3 is 10.6 Å². The fraction of sp³-hybridized carbons (Fsp3) is 0.364. The highest BCUT2D eigenvalue weighted by Gasteiger charge is 2.04. The second kappa shape index (κ2) is 5.92. The van der Waals surface area contributed by atoms with Crippen molar-refractivity contribution in [2.24, 2.45) is 0 Å². The Bertz CT molecular complexity index is 553. The van der Waals surface area contributed by atoms with Crippen LogP contribution in [0.15, 0.2) is 23.2 Å². The molecule has 0 atom stereocenters. The van der Waals surface area contributed by atoms with Crippen LogP contribution in [0.5, 0.6) is 0 Å². The Kier molecular flexibility index (Phi) is 4.27. The quantitative estimate of drug-likeness (QED) is 0.798. The molecule has 2 rings (SSSR count). The molecule has 0 unspecified atom stereocenters. The average molecular weight is 312 g/mol. The average Bonchev–Trinajstić information content (AvgIpc) is 2.77. The number of fused-ring (bicyclic) bond motifs is 1. The molecule has 1 amide bonds. The number of amides is 1. The molecule has 0 aliphatic carbocycles. The first-order valence-corrected chi connectivity index (χ1v) is 6.39. The van der Waals surface area contributed by atoms with Crippen LogP contribution in [0, 0.1) is 0 Å². The smallest absolute Gasteiger partial charge is 0.221 e. The summed E-state index contributed by atoms with van der Waals surface area (Å²) < 4.78 is 2.73. The summed E-state index contributed by atoms with van der Waals surface area (Å²) in [6, 6.07) is 0. The molecule has 0 fully saturated rings. The minimum absolute atomic E-state index is 0.0348. The van der Waals surface area contributed by atoms with Crippen LogP contribution in [-0.4, -0.2) is 33.9 Å². The summed E-state index contributed by atoms with van der Waals surface area (Å²) in [5, 5.41) is 5.79. The summed E-state index contributed by atoms with van der Waals surface area (Å²) in [6.07, 6.45) is 5.85. The molecular weight excluding hydrogens is 298 g/mol. The second-order valence-corrected chi connectivity index (χ2v) is 4.60. The third-order valence-electron chi connectivity index (χ3n) is 2.55. The standard InChI is InChI=1S/C11H14BrN5O/c1-13-11(18)2-3-14-4-8-5-16-10-6-15-9(12)7-17(8)10/h5-7,14H,2-4H2,1H3,(H,13,18). The number of halogens is 1. The van der Waals surface area contributed by atoms with Gasteiger partial charge in [0.2, 0.25) is 5.91 Å². The first kappa shape index (κ1) is 13.0. The number of rotatable bonds is 5. The van der Waals surface area contributed by atoms with Crippen molar-refractivity contribution in [1.82, 2.24) is 25.0 Å². The molecule has 18 heavy (non-hydrogen) atoms. The van der Waals surface area contributed by atoms with E-state index in [4.69, 9.17) is 0 Å². The SMILES string of the molecule is CNC(=O)CCNCc1cnc2cnc(Br)cn12. The lowest BCUT2D eigenvalue weighted by molar-refractivity contribution is -0.120. The van der Waals surface area contributed by atoms with E-state index in [0.29, 0.717) is 19.5 Å². The van der Waals surface area contributed by atoms with Crippen LogP contribution in [0.2, 0.25) is 0 Å². The second-order valence-electron chi connectivity index (χ2n) is 3.79. The molecule has 0 aliphatic rings. The molecule has 2 heterocycles. The van der Waals surface area contributed by atoms with Gasteiger partial charge >= 0.3 is 0 Å². The van der Waals surface area contributed by atoms with Crippen LogP contribution < -0.4 is 10.6 Å². The highest BCUT2D eigenvalue weighted by atomic mass is 79.9. The summed E-state index contributed by atoms with van der Waals surface area (Å²) in [6.45, 7) is 1.30. The van der Waals surface area contributed by atoms with E-state index in [0.717, 1.165) is 15.9 Å². The van der Waals surface area contributed by atoms with Gasteiger partial charge in [-0.05, 0) is 15.9 Å². The first-order valence-electron chi connectivity index (χ1n) is 5.59. The Morgan fingerprint density at radius 2 is 2.28 bits per heavy atom. The Balaban J connectivity index is 1.95. The van der Waals surface area contributed by atoms with Gasteiger partial charge in [0.05, 0.1) is 18.1 Å². The fourth-order valence-electron chi connectivity index (χ4n) is 1.59. The molecule has 2 N–H and O–H groups in total. The van der Waals surface area contributed by atoms with Gasteiger partial charge in [-0.1, -0.05) is 0 Å². The van der Waals surface area contributed by atoms with Crippen molar-refractivity contribution in [3.63, 3.8) is 0 Å². The normalized spacial score (nSPS) is 10.8. The number of carbonyl (C=O) groups is 1. The van der Waals surface area contributed by atoms with E-state index in [2.05, 4.69) is 36.5 Å². The number of aromatic nitrogens is 3. The van der Waals surface area contributed by atoms with Crippen molar-refractivity contribution in [3.8, 4) is 0 Å². The Morgan fingerprint density at radius 3 is 3.06 bits per heavy atom. The number of nitrogens with one attached hydrogen (secondary N) is 2. The van der Waals surface area contributed by atoms with Crippen LogP contribution in [0.1, 0.15) is 12.1 Å². The molecule has 0 saturated heterocycles. The van der Waals surface area contributed by atoms with E-state index >= 15 is 0 Å². The Morgan fingerprint density at radius 1 is 1.44 bits per heavy atom. The lowest BCUT2D eigenvalue weighted by atomic mass is 10.4. The number of imidazole rings is 1. The monoisotopic (exact) mass is 311 g/mol. The maximum absolute atomic E-state index is 11.0. The number of hydrogen-bond donors (Lipinski definition) is 2. The molecule has 2 aromatic heterocycles. The molecule has 0 aromatic carbocycles. The van der Waals surface area contributed by atoms with Crippen molar-refractivity contribution in [2.45, 2.75) is 13.0 Å². The topological polar surface area (TPSA) is 71.3 Å². The van der Waals surface area contributed by atoms with Crippen LogP contribution in [0.25, 0.3) is 5.65 Å². The first-order chi connectivity index (χ1) is 8.70. The van der Waals surface area contributed by atoms with Crippen LogP contribution in [-0.2, 0) is 11.3 Å². The summed E-state index contributed by atoms with van der Waals surface area (Å²) in [5.41, 5.74) is 1.84. The van der Waals surface area contributed by atoms with Gasteiger partial charge in [-0.2, -0.15) is 0 Å². The lowest BCUT2D eigenvalue weighted by Crippen LogP contribution is -2.24. The highest BCUT2D eigenvalue weighted by molar-refractivity contribution is 9.10. The van der Waals surface area contributed by atoms with Gasteiger partial charge in [-0.25, -0.2) is 9.97 Å². The van der Waals surface area contributed by atoms with Gasteiger partial charge in [0.25, 0.3) is 0 Å². The molecule has 2 aromatic rings. The molecule has 7 heteroatoms. The molecule has 0 aliphatic heterocycles. The van der Waals surface area contributed by atoms with Gasteiger partial charge in [-0.15, -0.1) is 0 Å². The zero-order valence-electron chi connectivity index (χ0n) is 9.98. The van der Waals surface area contributed by atoms with E-state index in [1.165, 1.54) is 0 Å². The minimum atomic E-state index is 0.0348. The minimum Gasteiger partial charge on any atom is -0.359 e. The van der Waals surface area contributed by atoms with Crippen LogP contribution >= 0.6 is 15.9 Å². The molecule has 0 radical (unpaired) electrons. The van der Waals surface area contributed by atoms with Crippen LogP contribution in [0.3, 0.4) is 0 Å². The molecule has 96 valence electrons. The summed E-state index contributed by atoms with van der Waals surface area (Å²) in [4.78, 5) is 19.4. The molecule has 0 saturated carbocycles. The van der Waals surface area contributed by atoms with Crippen molar-refractivity contribution in [2.75, 3.05) is 13.6 Å². The van der Waals surface area contributed by atoms with E-state index in [-0.39, 0.29) is 5.91 Å². The molecule has 0 spiro atoms. The number of hydrogen-bond acceptors (Lipinski definition) is 4. The van der Waals surface area contributed by atoms with Gasteiger partial charge in [-0.3, -0.25) is 9.20 Å². The van der Waals surface area contributed by atoms with Crippen molar-refractivity contribution in [1.29, 1.82) is 0 Å². The van der Waals surface area contributed by atoms with Crippen LogP contribution in [0.4, 0.5) is 0 Å². The molecule has 6 nitrogen and oxygen atoms in total. The van der Waals surface area contributed by atoms with Gasteiger partial charge in [0.15, 0.2) is 5.65 Å². The van der Waals surface area contributed by atoms with Crippen molar-refractivity contribution in [3.05, 3.63) is 28.9 Å². The van der Waals surface area contributed by atoms with Gasteiger partial charge in [0, 0.05) is 32.8 Å². The Hall–Kier alpha value is -1.47. The van der Waals surface area contributed by atoms with E-state index < -0.39 is 0 Å². The number of nitrogens with zero attached hydrogens (tertiary/aromatic N) is 3. The lowest BCUT2D eigenvalue weighted by Gasteiger charge is -2.04. The zero-order valence-corrected chi connectivity index (χ0v) is 11.6. The number of carbonyl (C=O) groups excluding carboxylic acids is 1. The van der Waals surface area contributed by atoms with E-state index in [1.807, 2.05) is 10.6 Å². The summed E-state index contributed by atoms with van der Waals surface area (Å²) in [7, 11) is 1.64. The summed E-state index contributed by atoms with van der Waals surface area (Å²) >= 11 is 3.33. The maximum Gasteiger partial charge on any atom is 0.221 e. The largest absolute Gasteiger partial charge is 0.359 e. The third kappa shape index (κ3) is 3.05. The van der Waals surface area contributed by atoms with E-state index in [1.54, 1.807) is 19.4 Å².